The summed E-state index contributed by atoms with van der Waals surface area (Å²) in [5.41, 5.74) is 0. The van der Waals surface area contributed by atoms with Crippen LogP contribution in [0.5, 0.6) is 0 Å². The van der Waals surface area contributed by atoms with Gasteiger partial charge in [-0.15, -0.1) is 11.8 Å². The quantitative estimate of drug-likeness (QED) is 0.433. The summed E-state index contributed by atoms with van der Waals surface area (Å²) in [6.07, 6.45) is -0.570. The van der Waals surface area contributed by atoms with Crippen molar-refractivity contribution in [1.29, 1.82) is 0 Å². The van der Waals surface area contributed by atoms with E-state index in [-0.39, 0.29) is 49.1 Å². The fraction of sp³-hybridized carbons (Fsp3) is 0.667. The van der Waals surface area contributed by atoms with Crippen LogP contribution < -0.4 is 0 Å². The standard InChI is InChI=1S/C12H18O6S/c1-3-17-11(15)5-9(13)7-19-8-10(14)6-12(16)18-4-2/h3-8H2,1-2H3. The molecule has 108 valence electrons. The lowest BCUT2D eigenvalue weighted by molar-refractivity contribution is -0.146. The zero-order chi connectivity index (χ0) is 14.7. The maximum absolute atomic E-state index is 11.3. The normalized spacial score (nSPS) is 9.79. The summed E-state index contributed by atoms with van der Waals surface area (Å²) < 4.78 is 9.24. The topological polar surface area (TPSA) is 86.7 Å². The van der Waals surface area contributed by atoms with Crippen molar-refractivity contribution in [3.63, 3.8) is 0 Å². The third kappa shape index (κ3) is 10.3. The number of carbonyl (C=O) groups excluding carboxylic acids is 4. The molecule has 0 aromatic rings. The summed E-state index contributed by atoms with van der Waals surface area (Å²) in [7, 11) is 0. The number of thioether (sulfide) groups is 1. The molecule has 0 amide bonds. The third-order valence-corrected chi connectivity index (χ3v) is 2.87. The zero-order valence-corrected chi connectivity index (χ0v) is 11.9. The van der Waals surface area contributed by atoms with Crippen LogP contribution in [0.4, 0.5) is 0 Å². The Hall–Kier alpha value is -1.37. The molecule has 0 rings (SSSR count). The predicted molar refractivity (Wildman–Crippen MR) is 69.8 cm³/mol. The van der Waals surface area contributed by atoms with Gasteiger partial charge in [0.25, 0.3) is 0 Å². The minimum atomic E-state index is -0.564. The Morgan fingerprint density at radius 2 is 1.16 bits per heavy atom. The highest BCUT2D eigenvalue weighted by atomic mass is 32.2. The Morgan fingerprint density at radius 3 is 1.47 bits per heavy atom. The van der Waals surface area contributed by atoms with Gasteiger partial charge in [-0.3, -0.25) is 19.2 Å². The van der Waals surface area contributed by atoms with Crippen molar-refractivity contribution in [2.24, 2.45) is 0 Å². The van der Waals surface area contributed by atoms with Crippen LogP contribution in [0.25, 0.3) is 0 Å². The van der Waals surface area contributed by atoms with E-state index in [4.69, 9.17) is 0 Å². The van der Waals surface area contributed by atoms with Gasteiger partial charge in [0.05, 0.1) is 24.7 Å². The van der Waals surface area contributed by atoms with Gasteiger partial charge in [-0.2, -0.15) is 0 Å². The van der Waals surface area contributed by atoms with Crippen molar-refractivity contribution in [3.8, 4) is 0 Å². The van der Waals surface area contributed by atoms with Gasteiger partial charge < -0.3 is 9.47 Å². The van der Waals surface area contributed by atoms with Gasteiger partial charge in [-0.05, 0) is 13.8 Å². The SMILES string of the molecule is CCOC(=O)CC(=O)CSCC(=O)CC(=O)OCC. The lowest BCUT2D eigenvalue weighted by Crippen LogP contribution is -2.15. The summed E-state index contributed by atoms with van der Waals surface area (Å²) >= 11 is 1.07. The van der Waals surface area contributed by atoms with Gasteiger partial charge in [0.2, 0.25) is 0 Å². The number of ketones is 2. The molecule has 0 unspecified atom stereocenters. The molecule has 0 saturated carbocycles. The van der Waals surface area contributed by atoms with E-state index in [9.17, 15) is 19.2 Å². The Kier molecular flexibility index (Phi) is 9.78. The number of Topliss-reactive ketones (excluding diaryl/α,β-unsaturated/α-hetero) is 2. The second-order valence-electron chi connectivity index (χ2n) is 3.53. The molecule has 0 atom stereocenters. The van der Waals surface area contributed by atoms with Crippen molar-refractivity contribution in [2.45, 2.75) is 26.7 Å². The van der Waals surface area contributed by atoms with E-state index < -0.39 is 11.9 Å². The van der Waals surface area contributed by atoms with Gasteiger partial charge in [-0.25, -0.2) is 0 Å². The molecular formula is C12H18O6S. The summed E-state index contributed by atoms with van der Waals surface area (Å²) in [5.74, 6) is -1.63. The van der Waals surface area contributed by atoms with Crippen LogP contribution in [-0.4, -0.2) is 48.2 Å². The summed E-state index contributed by atoms with van der Waals surface area (Å²) in [6.45, 7) is 3.78. The molecule has 0 aliphatic rings. The van der Waals surface area contributed by atoms with Crippen molar-refractivity contribution in [3.05, 3.63) is 0 Å². The van der Waals surface area contributed by atoms with E-state index >= 15 is 0 Å². The molecule has 0 aromatic heterocycles. The molecule has 19 heavy (non-hydrogen) atoms. The molecule has 0 fully saturated rings. The Balaban J connectivity index is 3.72. The highest BCUT2D eigenvalue weighted by Crippen LogP contribution is 2.05. The molecule has 0 spiro atoms. The number of ether oxygens (including phenoxy) is 2. The number of carbonyl (C=O) groups is 4. The van der Waals surface area contributed by atoms with Crippen LogP contribution in [0.3, 0.4) is 0 Å². The summed E-state index contributed by atoms with van der Waals surface area (Å²) in [5, 5.41) is 0. The van der Waals surface area contributed by atoms with Crippen LogP contribution in [0.1, 0.15) is 26.7 Å². The Bertz CT molecular complexity index is 307. The first-order valence-corrected chi connectivity index (χ1v) is 7.07. The molecule has 0 aromatic carbocycles. The van der Waals surface area contributed by atoms with E-state index in [0.717, 1.165) is 11.8 Å². The van der Waals surface area contributed by atoms with Crippen LogP contribution in [-0.2, 0) is 28.7 Å². The highest BCUT2D eigenvalue weighted by Gasteiger charge is 2.13. The maximum atomic E-state index is 11.3. The molecule has 0 bridgehead atoms. The largest absolute Gasteiger partial charge is 0.466 e. The fourth-order valence-corrected chi connectivity index (χ4v) is 1.89. The van der Waals surface area contributed by atoms with Crippen molar-refractivity contribution >= 4 is 35.3 Å². The lowest BCUT2D eigenvalue weighted by Gasteiger charge is -2.02. The molecule has 0 N–H and O–H groups in total. The molecule has 0 heterocycles. The average molecular weight is 290 g/mol. The van der Waals surface area contributed by atoms with Crippen molar-refractivity contribution in [2.75, 3.05) is 24.7 Å². The molecule has 0 aliphatic heterocycles. The molecule has 0 aliphatic carbocycles. The highest BCUT2D eigenvalue weighted by molar-refractivity contribution is 8.00. The molecule has 6 nitrogen and oxygen atoms in total. The van der Waals surface area contributed by atoms with Gasteiger partial charge >= 0.3 is 11.9 Å². The average Bonchev–Trinajstić information content (AvgIpc) is 2.28. The van der Waals surface area contributed by atoms with Gasteiger partial charge in [-0.1, -0.05) is 0 Å². The minimum absolute atomic E-state index is 0.0490. The molecular weight excluding hydrogens is 272 g/mol. The second kappa shape index (κ2) is 10.5. The second-order valence-corrected chi connectivity index (χ2v) is 4.52. The van der Waals surface area contributed by atoms with E-state index in [2.05, 4.69) is 9.47 Å². The lowest BCUT2D eigenvalue weighted by atomic mass is 10.3. The van der Waals surface area contributed by atoms with Crippen LogP contribution in [0.2, 0.25) is 0 Å². The van der Waals surface area contributed by atoms with Gasteiger partial charge in [0.1, 0.15) is 12.8 Å². The van der Waals surface area contributed by atoms with E-state index in [1.165, 1.54) is 0 Å². The number of hydrogen-bond acceptors (Lipinski definition) is 7. The number of rotatable bonds is 10. The Labute approximate surface area is 116 Å². The first-order chi connectivity index (χ1) is 8.99. The smallest absolute Gasteiger partial charge is 0.313 e. The molecule has 0 saturated heterocycles. The summed E-state index contributed by atoms with van der Waals surface area (Å²) in [4.78, 5) is 44.6. The van der Waals surface area contributed by atoms with E-state index in [1.54, 1.807) is 13.8 Å². The summed E-state index contributed by atoms with van der Waals surface area (Å²) in [6, 6.07) is 0. The monoisotopic (exact) mass is 290 g/mol. The first-order valence-electron chi connectivity index (χ1n) is 5.91. The molecule has 0 radical (unpaired) electrons. The minimum Gasteiger partial charge on any atom is -0.466 e. The van der Waals surface area contributed by atoms with E-state index in [1.807, 2.05) is 0 Å². The molecule has 7 heteroatoms. The first kappa shape index (κ1) is 17.6. The zero-order valence-electron chi connectivity index (χ0n) is 11.1. The van der Waals surface area contributed by atoms with Crippen molar-refractivity contribution in [1.82, 2.24) is 0 Å². The van der Waals surface area contributed by atoms with Crippen LogP contribution in [0, 0.1) is 0 Å². The number of hydrogen-bond donors (Lipinski definition) is 0. The maximum Gasteiger partial charge on any atom is 0.313 e. The van der Waals surface area contributed by atoms with Gasteiger partial charge in [0.15, 0.2) is 11.6 Å². The Morgan fingerprint density at radius 1 is 0.789 bits per heavy atom. The van der Waals surface area contributed by atoms with E-state index in [0.29, 0.717) is 0 Å². The van der Waals surface area contributed by atoms with Crippen LogP contribution in [0.15, 0.2) is 0 Å². The van der Waals surface area contributed by atoms with Gasteiger partial charge in [0, 0.05) is 0 Å². The van der Waals surface area contributed by atoms with Crippen LogP contribution >= 0.6 is 11.8 Å². The predicted octanol–water partition coefficient (Wildman–Crippen LogP) is 0.764. The van der Waals surface area contributed by atoms with Crippen molar-refractivity contribution < 1.29 is 28.7 Å². The number of esters is 2. The third-order valence-electron chi connectivity index (χ3n) is 1.82. The fourth-order valence-electron chi connectivity index (χ4n) is 1.13.